The molecule has 2 heterocycles. The molecule has 0 bridgehead atoms. The Hall–Kier alpha value is -1.62. The molecule has 5 heteroatoms. The van der Waals surface area contributed by atoms with Gasteiger partial charge >= 0.3 is 5.97 Å². The molecule has 1 aliphatic rings. The molecule has 0 aromatic carbocycles. The van der Waals surface area contributed by atoms with E-state index in [9.17, 15) is 9.59 Å². The molecule has 1 aromatic heterocycles. The Morgan fingerprint density at radius 1 is 1.50 bits per heavy atom. The van der Waals surface area contributed by atoms with Crippen LogP contribution in [0.5, 0.6) is 0 Å². The lowest BCUT2D eigenvalue weighted by Crippen LogP contribution is -2.32. The van der Waals surface area contributed by atoms with Crippen LogP contribution in [0.1, 0.15) is 23.2 Å². The molecule has 2 rings (SSSR count). The molecule has 1 aromatic rings. The average molecular weight is 250 g/mol. The third-order valence-electron chi connectivity index (χ3n) is 3.33. The van der Waals surface area contributed by atoms with Crippen LogP contribution in [0.15, 0.2) is 23.1 Å². The number of nitrogens with one attached hydrogen (secondary N) is 1. The van der Waals surface area contributed by atoms with Crippen LogP contribution in [-0.4, -0.2) is 30.7 Å². The quantitative estimate of drug-likeness (QED) is 0.800. The van der Waals surface area contributed by atoms with Gasteiger partial charge < -0.3 is 14.6 Å². The van der Waals surface area contributed by atoms with E-state index in [0.717, 1.165) is 32.5 Å². The van der Waals surface area contributed by atoms with Crippen LogP contribution in [0.4, 0.5) is 0 Å². The van der Waals surface area contributed by atoms with E-state index in [4.69, 9.17) is 0 Å². The minimum Gasteiger partial charge on any atom is -0.465 e. The Kier molecular flexibility index (Phi) is 4.15. The van der Waals surface area contributed by atoms with E-state index in [2.05, 4.69) is 10.1 Å². The number of aromatic nitrogens is 1. The Bertz CT molecular complexity index is 475. The maximum absolute atomic E-state index is 11.9. The van der Waals surface area contributed by atoms with E-state index in [1.54, 1.807) is 16.8 Å². The first kappa shape index (κ1) is 12.8. The molecule has 1 aliphatic heterocycles. The van der Waals surface area contributed by atoms with Crippen molar-refractivity contribution >= 4 is 5.97 Å². The van der Waals surface area contributed by atoms with Crippen LogP contribution in [0.3, 0.4) is 0 Å². The van der Waals surface area contributed by atoms with Crippen LogP contribution in [0.25, 0.3) is 0 Å². The highest BCUT2D eigenvalue weighted by atomic mass is 16.5. The molecule has 0 saturated carbocycles. The van der Waals surface area contributed by atoms with E-state index >= 15 is 0 Å². The second-order valence-electron chi connectivity index (χ2n) is 4.59. The first-order chi connectivity index (χ1) is 8.70. The Morgan fingerprint density at radius 3 is 2.83 bits per heavy atom. The minimum atomic E-state index is -0.471. The summed E-state index contributed by atoms with van der Waals surface area (Å²) in [6.45, 7) is 2.75. The van der Waals surface area contributed by atoms with Crippen molar-refractivity contribution in [2.75, 3.05) is 20.2 Å². The Labute approximate surface area is 106 Å². The summed E-state index contributed by atoms with van der Waals surface area (Å²) in [4.78, 5) is 23.2. The van der Waals surface area contributed by atoms with Crippen LogP contribution in [0, 0.1) is 5.92 Å². The van der Waals surface area contributed by atoms with Gasteiger partial charge in [-0.2, -0.15) is 0 Å². The van der Waals surface area contributed by atoms with Gasteiger partial charge in [0.1, 0.15) is 0 Å². The molecule has 0 radical (unpaired) electrons. The van der Waals surface area contributed by atoms with Crippen molar-refractivity contribution in [1.82, 2.24) is 9.88 Å². The molecule has 5 nitrogen and oxygen atoms in total. The molecule has 0 unspecified atom stereocenters. The molecule has 18 heavy (non-hydrogen) atoms. The zero-order valence-electron chi connectivity index (χ0n) is 10.5. The van der Waals surface area contributed by atoms with E-state index in [-0.39, 0.29) is 5.56 Å². The number of carbonyl (C=O) groups is 1. The standard InChI is InChI=1S/C13H18N2O3/c1-18-13(17)11-4-7-15(12(16)8-11)9-10-2-5-14-6-3-10/h4,7-8,10,14H,2-3,5-6,9H2,1H3. The van der Waals surface area contributed by atoms with Gasteiger partial charge in [0.05, 0.1) is 12.7 Å². The highest BCUT2D eigenvalue weighted by Crippen LogP contribution is 2.13. The van der Waals surface area contributed by atoms with E-state index < -0.39 is 5.97 Å². The predicted octanol–water partition coefficient (Wildman–Crippen LogP) is 0.634. The second kappa shape index (κ2) is 5.82. The Balaban J connectivity index is 2.09. The number of esters is 1. The molecule has 0 atom stereocenters. The van der Waals surface area contributed by atoms with E-state index in [1.807, 2.05) is 0 Å². The number of rotatable bonds is 3. The number of ether oxygens (including phenoxy) is 1. The van der Waals surface area contributed by atoms with Gasteiger partial charge in [0.15, 0.2) is 0 Å². The summed E-state index contributed by atoms with van der Waals surface area (Å²) in [5.74, 6) is 0.0639. The van der Waals surface area contributed by atoms with Crippen molar-refractivity contribution in [3.63, 3.8) is 0 Å². The summed E-state index contributed by atoms with van der Waals surface area (Å²) in [5.41, 5.74) is 0.167. The number of piperidine rings is 1. The summed E-state index contributed by atoms with van der Waals surface area (Å²) in [5, 5.41) is 3.30. The smallest absolute Gasteiger partial charge is 0.338 e. The van der Waals surface area contributed by atoms with E-state index in [0.29, 0.717) is 11.5 Å². The summed E-state index contributed by atoms with van der Waals surface area (Å²) < 4.78 is 6.25. The lowest BCUT2D eigenvalue weighted by atomic mass is 9.98. The number of methoxy groups -OCH3 is 1. The maximum Gasteiger partial charge on any atom is 0.338 e. The molecule has 1 N–H and O–H groups in total. The largest absolute Gasteiger partial charge is 0.465 e. The van der Waals surface area contributed by atoms with Gasteiger partial charge in [-0.15, -0.1) is 0 Å². The third-order valence-corrected chi connectivity index (χ3v) is 3.33. The summed E-state index contributed by atoms with van der Waals surface area (Å²) >= 11 is 0. The molecule has 1 fully saturated rings. The highest BCUT2D eigenvalue weighted by Gasteiger charge is 2.14. The molecule has 0 spiro atoms. The van der Waals surface area contributed by atoms with Gasteiger partial charge in [-0.25, -0.2) is 4.79 Å². The number of hydrogen-bond acceptors (Lipinski definition) is 4. The lowest BCUT2D eigenvalue weighted by Gasteiger charge is -2.23. The SMILES string of the molecule is COC(=O)c1ccn(CC2CCNCC2)c(=O)c1. The van der Waals surface area contributed by atoms with Gasteiger partial charge in [0, 0.05) is 18.8 Å². The van der Waals surface area contributed by atoms with Gasteiger partial charge in [-0.05, 0) is 37.9 Å². The second-order valence-corrected chi connectivity index (χ2v) is 4.59. The average Bonchev–Trinajstić information content (AvgIpc) is 2.41. The third kappa shape index (κ3) is 2.98. The molecule has 98 valence electrons. The molecule has 1 saturated heterocycles. The normalized spacial score (nSPS) is 16.5. The maximum atomic E-state index is 11.9. The van der Waals surface area contributed by atoms with E-state index in [1.165, 1.54) is 13.2 Å². The molecular formula is C13H18N2O3. The van der Waals surface area contributed by atoms with Crippen LogP contribution >= 0.6 is 0 Å². The summed E-state index contributed by atoms with van der Waals surface area (Å²) in [6.07, 6.45) is 3.85. The molecular weight excluding hydrogens is 232 g/mol. The van der Waals surface area contributed by atoms with Crippen molar-refractivity contribution in [2.24, 2.45) is 5.92 Å². The minimum absolute atomic E-state index is 0.142. The summed E-state index contributed by atoms with van der Waals surface area (Å²) in [7, 11) is 1.31. The fourth-order valence-corrected chi connectivity index (χ4v) is 2.25. The van der Waals surface area contributed by atoms with Gasteiger partial charge in [-0.3, -0.25) is 4.79 Å². The molecule has 0 amide bonds. The fraction of sp³-hybridized carbons (Fsp3) is 0.538. The van der Waals surface area contributed by atoms with Gasteiger partial charge in [0.25, 0.3) is 5.56 Å². The first-order valence-corrected chi connectivity index (χ1v) is 6.20. The number of pyridine rings is 1. The van der Waals surface area contributed by atoms with Crippen molar-refractivity contribution in [1.29, 1.82) is 0 Å². The van der Waals surface area contributed by atoms with Crippen molar-refractivity contribution < 1.29 is 9.53 Å². The highest BCUT2D eigenvalue weighted by molar-refractivity contribution is 5.88. The van der Waals surface area contributed by atoms with Gasteiger partial charge in [0.2, 0.25) is 0 Å². The summed E-state index contributed by atoms with van der Waals surface area (Å²) in [6, 6.07) is 2.97. The zero-order chi connectivity index (χ0) is 13.0. The zero-order valence-corrected chi connectivity index (χ0v) is 10.5. The first-order valence-electron chi connectivity index (χ1n) is 6.20. The number of hydrogen-bond donors (Lipinski definition) is 1. The Morgan fingerprint density at radius 2 is 2.22 bits per heavy atom. The monoisotopic (exact) mass is 250 g/mol. The topological polar surface area (TPSA) is 60.3 Å². The van der Waals surface area contributed by atoms with Crippen molar-refractivity contribution in [3.05, 3.63) is 34.2 Å². The lowest BCUT2D eigenvalue weighted by molar-refractivity contribution is 0.0600. The fourth-order valence-electron chi connectivity index (χ4n) is 2.25. The number of carbonyl (C=O) groups excluding carboxylic acids is 1. The van der Waals surface area contributed by atoms with Crippen LogP contribution in [0.2, 0.25) is 0 Å². The van der Waals surface area contributed by atoms with Crippen molar-refractivity contribution in [2.45, 2.75) is 19.4 Å². The number of nitrogens with zero attached hydrogens (tertiary/aromatic N) is 1. The van der Waals surface area contributed by atoms with Crippen LogP contribution < -0.4 is 10.9 Å². The molecule has 0 aliphatic carbocycles. The predicted molar refractivity (Wildman–Crippen MR) is 67.6 cm³/mol. The van der Waals surface area contributed by atoms with Gasteiger partial charge in [-0.1, -0.05) is 0 Å². The van der Waals surface area contributed by atoms with Crippen LogP contribution in [-0.2, 0) is 11.3 Å². The van der Waals surface area contributed by atoms with Crippen molar-refractivity contribution in [3.8, 4) is 0 Å².